The molecule has 0 heterocycles. The quantitative estimate of drug-likeness (QED) is 0.167. The molecule has 1 amide bonds. The molecule has 170 valence electrons. The molecule has 0 saturated carbocycles. The van der Waals surface area contributed by atoms with Gasteiger partial charge in [0.2, 0.25) is 5.91 Å². The first-order valence-corrected chi connectivity index (χ1v) is 12.0. The Balaban J connectivity index is 3.30. The monoisotopic (exact) mass is 410 g/mol. The maximum Gasteiger partial charge on any atom is 0.320 e. The van der Waals surface area contributed by atoms with Gasteiger partial charge in [0.25, 0.3) is 0 Å². The minimum atomic E-state index is -0.962. The number of carbonyl (C=O) groups is 2. The second kappa shape index (κ2) is 21.4. The zero-order valence-corrected chi connectivity index (χ0v) is 18.8. The topological polar surface area (TPSA) is 92.4 Å². The van der Waals surface area contributed by atoms with Gasteiger partial charge in [-0.25, -0.2) is 0 Å². The number of carboxylic acid groups (broad SMARTS) is 1. The van der Waals surface area contributed by atoms with E-state index in [1.807, 2.05) is 0 Å². The number of nitrogens with one attached hydrogen (secondary N) is 1. The van der Waals surface area contributed by atoms with Crippen LogP contribution in [0.2, 0.25) is 0 Å². The Morgan fingerprint density at radius 3 is 1.97 bits per heavy atom. The molecule has 1 atom stereocenters. The number of nitrogens with two attached hydrogens (primary N) is 1. The molecule has 0 saturated heterocycles. The lowest BCUT2D eigenvalue weighted by Crippen LogP contribution is -2.30. The van der Waals surface area contributed by atoms with E-state index < -0.39 is 12.0 Å². The average molecular weight is 411 g/mol. The number of hydrogen-bond donors (Lipinski definition) is 3. The molecule has 0 bridgehead atoms. The van der Waals surface area contributed by atoms with Crippen molar-refractivity contribution in [3.05, 3.63) is 12.2 Å². The van der Waals surface area contributed by atoms with E-state index in [1.165, 1.54) is 64.2 Å². The Morgan fingerprint density at radius 2 is 1.38 bits per heavy atom. The SMILES string of the molecule is CCCCCCCCCCC/C=C/CCCCC(=O)NCCCC[C@H](N)C(=O)O. The maximum absolute atomic E-state index is 11.7. The highest BCUT2D eigenvalue weighted by Gasteiger charge is 2.10. The molecule has 0 aromatic heterocycles. The van der Waals surface area contributed by atoms with E-state index in [2.05, 4.69) is 24.4 Å². The van der Waals surface area contributed by atoms with Gasteiger partial charge >= 0.3 is 5.97 Å². The Morgan fingerprint density at radius 1 is 0.828 bits per heavy atom. The second-order valence-electron chi connectivity index (χ2n) is 8.12. The van der Waals surface area contributed by atoms with Crippen LogP contribution in [0.5, 0.6) is 0 Å². The van der Waals surface area contributed by atoms with E-state index in [4.69, 9.17) is 10.8 Å². The smallest absolute Gasteiger partial charge is 0.320 e. The third-order valence-electron chi connectivity index (χ3n) is 5.25. The van der Waals surface area contributed by atoms with Gasteiger partial charge in [-0.1, -0.05) is 70.4 Å². The summed E-state index contributed by atoms with van der Waals surface area (Å²) in [5.74, 6) is -0.873. The molecule has 0 fully saturated rings. The van der Waals surface area contributed by atoms with Gasteiger partial charge in [0.15, 0.2) is 0 Å². The number of carbonyl (C=O) groups excluding carboxylic acids is 1. The number of aliphatic carboxylic acids is 1. The fourth-order valence-corrected chi connectivity index (χ4v) is 3.29. The van der Waals surface area contributed by atoms with E-state index in [0.29, 0.717) is 19.4 Å². The molecular weight excluding hydrogens is 364 g/mol. The molecule has 5 heteroatoms. The normalized spacial score (nSPS) is 12.3. The number of amides is 1. The fourth-order valence-electron chi connectivity index (χ4n) is 3.29. The molecule has 0 spiro atoms. The first-order valence-electron chi connectivity index (χ1n) is 12.0. The molecular formula is C24H46N2O3. The first kappa shape index (κ1) is 27.6. The molecule has 0 aliphatic rings. The summed E-state index contributed by atoms with van der Waals surface area (Å²) in [5, 5.41) is 11.6. The minimum absolute atomic E-state index is 0.0891. The van der Waals surface area contributed by atoms with Crippen molar-refractivity contribution < 1.29 is 14.7 Å². The summed E-state index contributed by atoms with van der Waals surface area (Å²) >= 11 is 0. The molecule has 0 radical (unpaired) electrons. The lowest BCUT2D eigenvalue weighted by atomic mass is 10.1. The summed E-state index contributed by atoms with van der Waals surface area (Å²) in [6, 6.07) is -0.793. The lowest BCUT2D eigenvalue weighted by molar-refractivity contribution is -0.138. The van der Waals surface area contributed by atoms with Gasteiger partial charge in [-0.2, -0.15) is 0 Å². The van der Waals surface area contributed by atoms with E-state index >= 15 is 0 Å². The third-order valence-corrected chi connectivity index (χ3v) is 5.25. The summed E-state index contributed by atoms with van der Waals surface area (Å²) in [6.45, 7) is 2.86. The molecule has 0 unspecified atom stereocenters. The minimum Gasteiger partial charge on any atom is -0.480 e. The average Bonchev–Trinajstić information content (AvgIpc) is 2.70. The van der Waals surface area contributed by atoms with E-state index in [-0.39, 0.29) is 5.91 Å². The van der Waals surface area contributed by atoms with Crippen LogP contribution in [-0.4, -0.2) is 29.6 Å². The summed E-state index contributed by atoms with van der Waals surface area (Å²) in [5.41, 5.74) is 5.44. The van der Waals surface area contributed by atoms with E-state index in [9.17, 15) is 9.59 Å². The standard InChI is InChI=1S/C24H46N2O3/c1-2-3-4-5-6-7-8-9-10-11-12-13-14-15-16-20-23(27)26-21-18-17-19-22(25)24(28)29/h12-13,22H,2-11,14-21,25H2,1H3,(H,26,27)(H,28,29)/b13-12+/t22-/m0/s1. The molecule has 0 aromatic rings. The van der Waals surface area contributed by atoms with Gasteiger partial charge in [-0.05, 0) is 51.4 Å². The van der Waals surface area contributed by atoms with Gasteiger partial charge in [-0.15, -0.1) is 0 Å². The van der Waals surface area contributed by atoms with Crippen LogP contribution in [0.4, 0.5) is 0 Å². The number of rotatable bonds is 21. The molecule has 0 aromatic carbocycles. The summed E-state index contributed by atoms with van der Waals surface area (Å²) < 4.78 is 0. The van der Waals surface area contributed by atoms with Gasteiger partial charge in [0, 0.05) is 13.0 Å². The highest BCUT2D eigenvalue weighted by atomic mass is 16.4. The largest absolute Gasteiger partial charge is 0.480 e. The van der Waals surface area contributed by atoms with Crippen molar-refractivity contribution in [2.75, 3.05) is 6.54 Å². The van der Waals surface area contributed by atoms with Crippen LogP contribution in [-0.2, 0) is 9.59 Å². The van der Waals surface area contributed by atoms with Crippen LogP contribution >= 0.6 is 0 Å². The predicted molar refractivity (Wildman–Crippen MR) is 122 cm³/mol. The molecule has 29 heavy (non-hydrogen) atoms. The van der Waals surface area contributed by atoms with Gasteiger partial charge in [0.05, 0.1) is 0 Å². The van der Waals surface area contributed by atoms with Crippen LogP contribution in [0.1, 0.15) is 116 Å². The Hall–Kier alpha value is -1.36. The van der Waals surface area contributed by atoms with Crippen molar-refractivity contribution in [2.24, 2.45) is 5.73 Å². The Bertz CT molecular complexity index is 424. The van der Waals surface area contributed by atoms with Crippen molar-refractivity contribution in [2.45, 2.75) is 122 Å². The molecule has 0 rings (SSSR count). The van der Waals surface area contributed by atoms with Crippen LogP contribution in [0.3, 0.4) is 0 Å². The number of allylic oxidation sites excluding steroid dienone is 2. The van der Waals surface area contributed by atoms with Crippen LogP contribution in [0, 0.1) is 0 Å². The van der Waals surface area contributed by atoms with Crippen LogP contribution in [0.25, 0.3) is 0 Å². The number of hydrogen-bond acceptors (Lipinski definition) is 3. The predicted octanol–water partition coefficient (Wildman–Crippen LogP) is 5.72. The lowest BCUT2D eigenvalue weighted by Gasteiger charge is -2.07. The zero-order valence-electron chi connectivity index (χ0n) is 18.8. The first-order chi connectivity index (χ1) is 14.1. The van der Waals surface area contributed by atoms with Crippen molar-refractivity contribution in [1.29, 1.82) is 0 Å². The van der Waals surface area contributed by atoms with Crippen LogP contribution < -0.4 is 11.1 Å². The Labute approximate surface area is 178 Å². The summed E-state index contributed by atoms with van der Waals surface area (Å²) in [6.07, 6.45) is 23.6. The number of unbranched alkanes of at least 4 members (excludes halogenated alkanes) is 12. The highest BCUT2D eigenvalue weighted by molar-refractivity contribution is 5.75. The second-order valence-corrected chi connectivity index (χ2v) is 8.12. The van der Waals surface area contributed by atoms with Gasteiger partial charge in [-0.3, -0.25) is 9.59 Å². The van der Waals surface area contributed by atoms with Crippen molar-refractivity contribution in [3.63, 3.8) is 0 Å². The van der Waals surface area contributed by atoms with Crippen molar-refractivity contribution in [1.82, 2.24) is 5.32 Å². The Kier molecular flexibility index (Phi) is 20.3. The van der Waals surface area contributed by atoms with Crippen molar-refractivity contribution >= 4 is 11.9 Å². The molecule has 4 N–H and O–H groups in total. The maximum atomic E-state index is 11.7. The van der Waals surface area contributed by atoms with Crippen LogP contribution in [0.15, 0.2) is 12.2 Å². The van der Waals surface area contributed by atoms with E-state index in [1.54, 1.807) is 0 Å². The van der Waals surface area contributed by atoms with Gasteiger partial charge in [0.1, 0.15) is 6.04 Å². The molecule has 5 nitrogen and oxygen atoms in total. The molecule has 0 aliphatic heterocycles. The fraction of sp³-hybridized carbons (Fsp3) is 0.833. The van der Waals surface area contributed by atoms with Gasteiger partial charge < -0.3 is 16.2 Å². The molecule has 0 aliphatic carbocycles. The zero-order chi connectivity index (χ0) is 21.6. The summed E-state index contributed by atoms with van der Waals surface area (Å²) in [7, 11) is 0. The van der Waals surface area contributed by atoms with E-state index in [0.717, 1.165) is 32.1 Å². The third kappa shape index (κ3) is 21.2. The summed E-state index contributed by atoms with van der Waals surface area (Å²) in [4.78, 5) is 22.3. The van der Waals surface area contributed by atoms with Crippen molar-refractivity contribution in [3.8, 4) is 0 Å². The highest BCUT2D eigenvalue weighted by Crippen LogP contribution is 2.11. The number of carboxylic acids is 1.